The van der Waals surface area contributed by atoms with E-state index >= 15 is 0 Å². The smallest absolute Gasteiger partial charge is 0.347 e. The minimum Gasteiger partial charge on any atom is -0.347 e. The van der Waals surface area contributed by atoms with E-state index in [1.54, 1.807) is 28.4 Å². The van der Waals surface area contributed by atoms with Gasteiger partial charge in [-0.2, -0.15) is 13.2 Å². The second-order valence-corrected chi connectivity index (χ2v) is 7.40. The molecular weight excluding hydrogens is 377 g/mol. The van der Waals surface area contributed by atoms with Crippen molar-refractivity contribution < 1.29 is 22.8 Å². The predicted octanol–water partition coefficient (Wildman–Crippen LogP) is 3.95. The molecule has 0 radical (unpaired) electrons. The Bertz CT molecular complexity index is 780. The number of rotatable bonds is 4. The highest BCUT2D eigenvalue weighted by molar-refractivity contribution is 7.13. The van der Waals surface area contributed by atoms with E-state index in [-0.39, 0.29) is 5.91 Å². The number of carbonyl (C=O) groups is 2. The van der Waals surface area contributed by atoms with Crippen molar-refractivity contribution >= 4 is 23.2 Å². The van der Waals surface area contributed by atoms with Crippen LogP contribution in [0.4, 0.5) is 13.2 Å². The summed E-state index contributed by atoms with van der Waals surface area (Å²) in [6.45, 7) is -0.604. The van der Waals surface area contributed by atoms with Crippen LogP contribution in [0, 0.1) is 5.92 Å². The Morgan fingerprint density at radius 1 is 1.11 bits per heavy atom. The molecule has 2 heterocycles. The van der Waals surface area contributed by atoms with Gasteiger partial charge in [-0.05, 0) is 42.0 Å². The molecule has 2 aromatic rings. The Labute approximate surface area is 159 Å². The van der Waals surface area contributed by atoms with E-state index in [9.17, 15) is 22.8 Å². The lowest BCUT2D eigenvalue weighted by Crippen LogP contribution is -2.44. The van der Waals surface area contributed by atoms with Crippen molar-refractivity contribution in [2.45, 2.75) is 19.0 Å². The van der Waals surface area contributed by atoms with Gasteiger partial charge in [0.1, 0.15) is 6.54 Å². The van der Waals surface area contributed by atoms with Crippen molar-refractivity contribution in [3.63, 3.8) is 0 Å². The first-order valence-corrected chi connectivity index (χ1v) is 9.49. The third-order valence-corrected chi connectivity index (χ3v) is 5.47. The molecule has 1 aliphatic rings. The molecule has 2 amide bonds. The normalized spacial score (nSPS) is 15.6. The number of carbonyl (C=O) groups excluding carboxylic acids is 2. The maximum atomic E-state index is 12.6. The molecule has 1 N–H and O–H groups in total. The maximum absolute atomic E-state index is 12.6. The predicted molar refractivity (Wildman–Crippen MR) is 97.4 cm³/mol. The molecule has 0 spiro atoms. The highest BCUT2D eigenvalue weighted by atomic mass is 32.1. The van der Waals surface area contributed by atoms with Gasteiger partial charge in [-0.3, -0.25) is 9.59 Å². The van der Waals surface area contributed by atoms with Gasteiger partial charge in [-0.15, -0.1) is 11.3 Å². The molecule has 1 aliphatic heterocycles. The zero-order valence-corrected chi connectivity index (χ0v) is 15.3. The van der Waals surface area contributed by atoms with E-state index in [1.807, 2.05) is 35.0 Å². The minimum absolute atomic E-state index is 0.123. The van der Waals surface area contributed by atoms with Crippen molar-refractivity contribution in [1.29, 1.82) is 0 Å². The monoisotopic (exact) mass is 396 g/mol. The number of nitrogens with one attached hydrogen (secondary N) is 1. The van der Waals surface area contributed by atoms with Crippen LogP contribution in [0.1, 0.15) is 23.2 Å². The summed E-state index contributed by atoms with van der Waals surface area (Å²) in [4.78, 5) is 27.2. The lowest BCUT2D eigenvalue weighted by molar-refractivity contribution is -0.141. The van der Waals surface area contributed by atoms with Crippen LogP contribution in [0.3, 0.4) is 0 Å². The third kappa shape index (κ3) is 5.09. The SMILES string of the molecule is O=C(NCC(F)(F)F)C1CCN(C(=O)c2ccc(-c3cccs3)cc2)CC1. The number of hydrogen-bond acceptors (Lipinski definition) is 3. The van der Waals surface area contributed by atoms with Crippen molar-refractivity contribution in [1.82, 2.24) is 10.2 Å². The van der Waals surface area contributed by atoms with Gasteiger partial charge in [0.05, 0.1) is 0 Å². The number of hydrogen-bond donors (Lipinski definition) is 1. The van der Waals surface area contributed by atoms with E-state index < -0.39 is 24.5 Å². The second-order valence-electron chi connectivity index (χ2n) is 6.45. The van der Waals surface area contributed by atoms with Crippen LogP contribution in [0.15, 0.2) is 41.8 Å². The van der Waals surface area contributed by atoms with Gasteiger partial charge in [-0.25, -0.2) is 0 Å². The number of likely N-dealkylation sites (tertiary alicyclic amines) is 1. The summed E-state index contributed by atoms with van der Waals surface area (Å²) in [6.07, 6.45) is -3.69. The van der Waals surface area contributed by atoms with Gasteiger partial charge in [0.25, 0.3) is 5.91 Å². The molecule has 0 aliphatic carbocycles. The fourth-order valence-corrected chi connectivity index (χ4v) is 3.81. The van der Waals surface area contributed by atoms with Crippen molar-refractivity contribution in [3.8, 4) is 10.4 Å². The quantitative estimate of drug-likeness (QED) is 0.851. The molecule has 27 heavy (non-hydrogen) atoms. The van der Waals surface area contributed by atoms with Gasteiger partial charge in [0.2, 0.25) is 5.91 Å². The van der Waals surface area contributed by atoms with Crippen LogP contribution in [0.2, 0.25) is 0 Å². The van der Waals surface area contributed by atoms with E-state index in [0.29, 0.717) is 31.5 Å². The van der Waals surface area contributed by atoms with E-state index in [2.05, 4.69) is 0 Å². The molecule has 0 saturated carbocycles. The Morgan fingerprint density at radius 3 is 2.33 bits per heavy atom. The minimum atomic E-state index is -4.42. The molecule has 1 aromatic heterocycles. The summed E-state index contributed by atoms with van der Waals surface area (Å²) in [5, 5.41) is 3.91. The summed E-state index contributed by atoms with van der Waals surface area (Å²) in [6, 6.07) is 11.3. The largest absolute Gasteiger partial charge is 0.405 e. The second kappa shape index (κ2) is 8.12. The molecule has 0 unspecified atom stereocenters. The Hall–Kier alpha value is -2.35. The van der Waals surface area contributed by atoms with Crippen molar-refractivity contribution in [2.75, 3.05) is 19.6 Å². The first-order chi connectivity index (χ1) is 12.8. The van der Waals surface area contributed by atoms with Gasteiger partial charge in [0, 0.05) is 29.4 Å². The molecule has 1 fully saturated rings. The Morgan fingerprint density at radius 2 is 1.78 bits per heavy atom. The average Bonchev–Trinajstić information content (AvgIpc) is 3.20. The van der Waals surface area contributed by atoms with Crippen LogP contribution in [-0.4, -0.2) is 42.5 Å². The lowest BCUT2D eigenvalue weighted by atomic mass is 9.95. The number of amides is 2. The standard InChI is InChI=1S/C19H19F3N2O2S/c20-19(21,22)12-23-17(25)14-7-9-24(10-8-14)18(26)15-5-3-13(4-6-15)16-2-1-11-27-16/h1-6,11,14H,7-10,12H2,(H,23,25). The van der Waals surface area contributed by atoms with Crippen LogP contribution >= 0.6 is 11.3 Å². The number of thiophene rings is 1. The maximum Gasteiger partial charge on any atom is 0.405 e. The highest BCUT2D eigenvalue weighted by Crippen LogP contribution is 2.26. The number of halogens is 3. The molecule has 3 rings (SSSR count). The fourth-order valence-electron chi connectivity index (χ4n) is 3.08. The fraction of sp³-hybridized carbons (Fsp3) is 0.368. The molecule has 144 valence electrons. The van der Waals surface area contributed by atoms with Gasteiger partial charge < -0.3 is 10.2 Å². The van der Waals surface area contributed by atoms with Gasteiger partial charge in [-0.1, -0.05) is 18.2 Å². The molecule has 0 atom stereocenters. The van der Waals surface area contributed by atoms with Crippen LogP contribution < -0.4 is 5.32 Å². The number of alkyl halides is 3. The molecule has 4 nitrogen and oxygen atoms in total. The first-order valence-electron chi connectivity index (χ1n) is 8.61. The average molecular weight is 396 g/mol. The summed E-state index contributed by atoms with van der Waals surface area (Å²) in [7, 11) is 0. The summed E-state index contributed by atoms with van der Waals surface area (Å²) in [5.74, 6) is -1.21. The topological polar surface area (TPSA) is 49.4 Å². The number of nitrogens with zero attached hydrogens (tertiary/aromatic N) is 1. The van der Waals surface area contributed by atoms with E-state index in [4.69, 9.17) is 0 Å². The summed E-state index contributed by atoms with van der Waals surface area (Å²) < 4.78 is 36.6. The molecule has 0 bridgehead atoms. The van der Waals surface area contributed by atoms with Crippen molar-refractivity contribution in [2.24, 2.45) is 5.92 Å². The van der Waals surface area contributed by atoms with Gasteiger partial charge >= 0.3 is 6.18 Å². The van der Waals surface area contributed by atoms with Crippen molar-refractivity contribution in [3.05, 3.63) is 47.3 Å². The molecule has 1 aromatic carbocycles. The summed E-state index contributed by atoms with van der Waals surface area (Å²) in [5.41, 5.74) is 1.61. The molecular formula is C19H19F3N2O2S. The van der Waals surface area contributed by atoms with Gasteiger partial charge in [0.15, 0.2) is 0 Å². The highest BCUT2D eigenvalue weighted by Gasteiger charge is 2.32. The first kappa shape index (κ1) is 19.4. The molecule has 8 heteroatoms. The number of piperidine rings is 1. The molecule has 1 saturated heterocycles. The lowest BCUT2D eigenvalue weighted by Gasteiger charge is -2.31. The van der Waals surface area contributed by atoms with Crippen LogP contribution in [0.25, 0.3) is 10.4 Å². The zero-order valence-electron chi connectivity index (χ0n) is 14.5. The van der Waals surface area contributed by atoms with Crippen LogP contribution in [-0.2, 0) is 4.79 Å². The van der Waals surface area contributed by atoms with E-state index in [1.165, 1.54) is 0 Å². The zero-order chi connectivity index (χ0) is 19.4. The third-order valence-electron chi connectivity index (χ3n) is 4.55. The van der Waals surface area contributed by atoms with Crippen LogP contribution in [0.5, 0.6) is 0 Å². The summed E-state index contributed by atoms with van der Waals surface area (Å²) >= 11 is 1.62. The Kier molecular flexibility index (Phi) is 5.84. The van der Waals surface area contributed by atoms with E-state index in [0.717, 1.165) is 10.4 Å². The Balaban J connectivity index is 1.53. The number of benzene rings is 1.